The summed E-state index contributed by atoms with van der Waals surface area (Å²) in [6.07, 6.45) is 2.32. The number of nitrogens with zero attached hydrogens (tertiary/aromatic N) is 2. The van der Waals surface area contributed by atoms with Gasteiger partial charge in [-0.05, 0) is 73.4 Å². The Kier molecular flexibility index (Phi) is 6.55. The molecule has 2 heterocycles. The maximum absolute atomic E-state index is 13.4. The molecule has 1 aliphatic rings. The van der Waals surface area contributed by atoms with Crippen LogP contribution in [0.2, 0.25) is 5.02 Å². The lowest BCUT2D eigenvalue weighted by Gasteiger charge is -2.38. The molecule has 0 saturated carbocycles. The zero-order valence-corrected chi connectivity index (χ0v) is 19.5. The molecule has 0 spiro atoms. The number of hydrogen-bond donors (Lipinski definition) is 1. The zero-order valence-electron chi connectivity index (χ0n) is 18.7. The minimum Gasteiger partial charge on any atom is -0.494 e. The molecule has 1 fully saturated rings. The van der Waals surface area contributed by atoms with Gasteiger partial charge in [0, 0.05) is 41.7 Å². The molecule has 1 aromatic heterocycles. The lowest BCUT2D eigenvalue weighted by Crippen LogP contribution is -2.43. The van der Waals surface area contributed by atoms with E-state index in [1.165, 1.54) is 12.1 Å². The van der Waals surface area contributed by atoms with Gasteiger partial charge in [-0.2, -0.15) is 0 Å². The van der Waals surface area contributed by atoms with E-state index in [-0.39, 0.29) is 5.82 Å². The van der Waals surface area contributed by atoms with Crippen molar-refractivity contribution in [3.05, 3.63) is 83.1 Å². The van der Waals surface area contributed by atoms with Crippen molar-refractivity contribution in [2.45, 2.75) is 24.9 Å². The predicted octanol–water partition coefficient (Wildman–Crippen LogP) is 6.04. The van der Waals surface area contributed by atoms with Gasteiger partial charge in [0.15, 0.2) is 5.58 Å². The molecule has 5 rings (SSSR count). The molecule has 7 heteroatoms. The third kappa shape index (κ3) is 4.94. The SMILES string of the molecule is OC1(c2ccc(Cl)cc2)CCN(CCCOc2ccc(-c3noc4cc(F)ccc34)cc2)CC1. The second-order valence-corrected chi connectivity index (χ2v) is 9.21. The highest BCUT2D eigenvalue weighted by atomic mass is 35.5. The summed E-state index contributed by atoms with van der Waals surface area (Å²) in [4.78, 5) is 2.37. The first-order valence-electron chi connectivity index (χ1n) is 11.5. The number of likely N-dealkylation sites (tertiary alicyclic amines) is 1. The minimum absolute atomic E-state index is 0.347. The molecular weight excluding hydrogens is 455 g/mol. The maximum Gasteiger partial charge on any atom is 0.170 e. The van der Waals surface area contributed by atoms with Crippen LogP contribution in [0.5, 0.6) is 5.75 Å². The van der Waals surface area contributed by atoms with Gasteiger partial charge in [-0.3, -0.25) is 0 Å². The van der Waals surface area contributed by atoms with Crippen molar-refractivity contribution >= 4 is 22.6 Å². The van der Waals surface area contributed by atoms with Gasteiger partial charge >= 0.3 is 0 Å². The van der Waals surface area contributed by atoms with Gasteiger partial charge in [-0.15, -0.1) is 0 Å². The lowest BCUT2D eigenvalue weighted by atomic mass is 9.84. The average molecular weight is 481 g/mol. The van der Waals surface area contributed by atoms with Crippen molar-refractivity contribution in [2.75, 3.05) is 26.2 Å². The topological polar surface area (TPSA) is 58.7 Å². The second-order valence-electron chi connectivity index (χ2n) is 8.78. The smallest absolute Gasteiger partial charge is 0.170 e. The van der Waals surface area contributed by atoms with Gasteiger partial charge in [0.1, 0.15) is 17.3 Å². The van der Waals surface area contributed by atoms with E-state index in [2.05, 4.69) is 10.1 Å². The number of fused-ring (bicyclic) bond motifs is 1. The first-order chi connectivity index (χ1) is 16.5. The molecule has 1 aliphatic heterocycles. The van der Waals surface area contributed by atoms with Crippen LogP contribution in [-0.4, -0.2) is 41.4 Å². The standard InChI is InChI=1S/C27H26ClFN2O3/c28-21-6-4-20(5-7-21)27(32)12-15-31(16-13-27)14-1-17-33-23-9-2-19(3-10-23)26-24-11-8-22(29)18-25(24)34-30-26/h2-11,18,32H,1,12-17H2. The molecule has 0 bridgehead atoms. The Morgan fingerprint density at radius 1 is 1.03 bits per heavy atom. The fraction of sp³-hybridized carbons (Fsp3) is 0.296. The highest BCUT2D eigenvalue weighted by Gasteiger charge is 2.33. The van der Waals surface area contributed by atoms with E-state index < -0.39 is 5.60 Å². The Morgan fingerprint density at radius 2 is 1.76 bits per heavy atom. The minimum atomic E-state index is -0.775. The third-order valence-corrected chi connectivity index (χ3v) is 6.77. The number of hydrogen-bond acceptors (Lipinski definition) is 5. The fourth-order valence-electron chi connectivity index (χ4n) is 4.50. The largest absolute Gasteiger partial charge is 0.494 e. The average Bonchev–Trinajstić information content (AvgIpc) is 3.27. The van der Waals surface area contributed by atoms with Crippen LogP contribution < -0.4 is 4.74 Å². The van der Waals surface area contributed by atoms with E-state index in [0.29, 0.717) is 35.7 Å². The van der Waals surface area contributed by atoms with Crippen LogP contribution in [0.1, 0.15) is 24.8 Å². The summed E-state index contributed by atoms with van der Waals surface area (Å²) in [6, 6.07) is 19.6. The number of ether oxygens (including phenoxy) is 1. The zero-order chi connectivity index (χ0) is 23.5. The van der Waals surface area contributed by atoms with Crippen molar-refractivity contribution in [2.24, 2.45) is 0 Å². The maximum atomic E-state index is 13.4. The monoisotopic (exact) mass is 480 g/mol. The fourth-order valence-corrected chi connectivity index (χ4v) is 4.63. The summed E-state index contributed by atoms with van der Waals surface area (Å²) in [6.45, 7) is 3.24. The van der Waals surface area contributed by atoms with Crippen LogP contribution in [0.25, 0.3) is 22.2 Å². The highest BCUT2D eigenvalue weighted by molar-refractivity contribution is 6.30. The van der Waals surface area contributed by atoms with Crippen molar-refractivity contribution in [3.8, 4) is 17.0 Å². The summed E-state index contributed by atoms with van der Waals surface area (Å²) in [5.74, 6) is 0.444. The summed E-state index contributed by atoms with van der Waals surface area (Å²) in [5.41, 5.74) is 2.17. The van der Waals surface area contributed by atoms with Crippen molar-refractivity contribution < 1.29 is 18.8 Å². The van der Waals surface area contributed by atoms with E-state index in [9.17, 15) is 9.50 Å². The molecule has 0 atom stereocenters. The van der Waals surface area contributed by atoms with Crippen LogP contribution in [0.3, 0.4) is 0 Å². The van der Waals surface area contributed by atoms with Crippen LogP contribution >= 0.6 is 11.6 Å². The van der Waals surface area contributed by atoms with E-state index in [0.717, 1.165) is 48.3 Å². The van der Waals surface area contributed by atoms with Crippen LogP contribution in [-0.2, 0) is 5.60 Å². The quantitative estimate of drug-likeness (QED) is 0.327. The van der Waals surface area contributed by atoms with Gasteiger partial charge in [0.2, 0.25) is 0 Å². The van der Waals surface area contributed by atoms with E-state index in [4.69, 9.17) is 20.9 Å². The first-order valence-corrected chi connectivity index (χ1v) is 11.9. The van der Waals surface area contributed by atoms with E-state index >= 15 is 0 Å². The van der Waals surface area contributed by atoms with Gasteiger partial charge in [-0.25, -0.2) is 4.39 Å². The van der Waals surface area contributed by atoms with Crippen molar-refractivity contribution in [1.82, 2.24) is 10.1 Å². The van der Waals surface area contributed by atoms with Gasteiger partial charge < -0.3 is 19.3 Å². The Morgan fingerprint density at radius 3 is 2.50 bits per heavy atom. The molecule has 4 aromatic rings. The van der Waals surface area contributed by atoms with Gasteiger partial charge in [0.25, 0.3) is 0 Å². The Bertz CT molecular complexity index is 1250. The predicted molar refractivity (Wildman–Crippen MR) is 131 cm³/mol. The normalized spacial score (nSPS) is 16.1. The molecule has 1 N–H and O–H groups in total. The first kappa shape index (κ1) is 22.8. The molecule has 3 aromatic carbocycles. The van der Waals surface area contributed by atoms with Gasteiger partial charge in [0.05, 0.1) is 12.2 Å². The Labute approximate surface area is 202 Å². The molecule has 34 heavy (non-hydrogen) atoms. The molecule has 5 nitrogen and oxygen atoms in total. The number of benzene rings is 3. The Balaban J connectivity index is 1.08. The number of aliphatic hydroxyl groups is 1. The lowest BCUT2D eigenvalue weighted by molar-refractivity contribution is -0.0264. The van der Waals surface area contributed by atoms with E-state index in [1.807, 2.05) is 48.5 Å². The summed E-state index contributed by atoms with van der Waals surface area (Å²) >= 11 is 5.97. The second kappa shape index (κ2) is 9.74. The molecule has 0 aliphatic carbocycles. The van der Waals surface area contributed by atoms with Crippen molar-refractivity contribution in [1.29, 1.82) is 0 Å². The number of halogens is 2. The number of aromatic nitrogens is 1. The van der Waals surface area contributed by atoms with Crippen LogP contribution in [0.15, 0.2) is 71.3 Å². The molecule has 1 saturated heterocycles. The number of rotatable bonds is 7. The summed E-state index contributed by atoms with van der Waals surface area (Å²) < 4.78 is 24.5. The number of piperidine rings is 1. The van der Waals surface area contributed by atoms with Gasteiger partial charge in [-0.1, -0.05) is 28.9 Å². The van der Waals surface area contributed by atoms with E-state index in [1.54, 1.807) is 6.07 Å². The molecule has 0 amide bonds. The molecule has 176 valence electrons. The highest BCUT2D eigenvalue weighted by Crippen LogP contribution is 2.33. The van der Waals surface area contributed by atoms with Crippen molar-refractivity contribution in [3.63, 3.8) is 0 Å². The Hall–Kier alpha value is -2.93. The molecule has 0 unspecified atom stereocenters. The molecular formula is C27H26ClFN2O3. The van der Waals surface area contributed by atoms with Crippen LogP contribution in [0, 0.1) is 5.82 Å². The summed E-state index contributed by atoms with van der Waals surface area (Å²) in [5, 5.41) is 16.6. The molecule has 0 radical (unpaired) electrons. The van der Waals surface area contributed by atoms with Crippen LogP contribution in [0.4, 0.5) is 4.39 Å². The third-order valence-electron chi connectivity index (χ3n) is 6.51. The summed E-state index contributed by atoms with van der Waals surface area (Å²) in [7, 11) is 0.